The van der Waals surface area contributed by atoms with Crippen molar-refractivity contribution >= 4 is 17.5 Å². The van der Waals surface area contributed by atoms with Gasteiger partial charge in [-0.05, 0) is 38.1 Å². The smallest absolute Gasteiger partial charge is 0.253 e. The minimum atomic E-state index is -0.0298. The van der Waals surface area contributed by atoms with Gasteiger partial charge in [0, 0.05) is 30.8 Å². The molecule has 0 saturated carbocycles. The molecule has 1 aromatic rings. The Kier molecular flexibility index (Phi) is 5.36. The Labute approximate surface area is 108 Å². The molecule has 0 fully saturated rings. The molecule has 0 aliphatic carbocycles. The highest BCUT2D eigenvalue weighted by molar-refractivity contribution is 5.95. The molecule has 0 aliphatic heterocycles. The van der Waals surface area contributed by atoms with Gasteiger partial charge in [0.05, 0.1) is 0 Å². The predicted octanol–water partition coefficient (Wildman–Crippen LogP) is 2.52. The average Bonchev–Trinajstić information content (AvgIpc) is 2.40. The molecule has 1 rings (SSSR count). The van der Waals surface area contributed by atoms with Crippen molar-refractivity contribution in [3.05, 3.63) is 29.8 Å². The van der Waals surface area contributed by atoms with Gasteiger partial charge in [-0.2, -0.15) is 0 Å². The van der Waals surface area contributed by atoms with E-state index in [-0.39, 0.29) is 11.8 Å². The summed E-state index contributed by atoms with van der Waals surface area (Å²) >= 11 is 0. The molecule has 18 heavy (non-hydrogen) atoms. The van der Waals surface area contributed by atoms with E-state index in [2.05, 4.69) is 5.32 Å². The van der Waals surface area contributed by atoms with Crippen LogP contribution in [0.15, 0.2) is 24.3 Å². The standard InChI is InChI=1S/C14H20N2O2/c1-4-13(17)15-12-9-7-11(8-10-12)14(18)16(5-2)6-3/h7-10H,4-6H2,1-3H3,(H,15,17). The summed E-state index contributed by atoms with van der Waals surface area (Å²) in [6.45, 7) is 7.11. The fraction of sp³-hybridized carbons (Fsp3) is 0.429. The number of anilines is 1. The summed E-state index contributed by atoms with van der Waals surface area (Å²) in [5.74, 6) is -0.00816. The van der Waals surface area contributed by atoms with Crippen LogP contribution in [0.2, 0.25) is 0 Å². The SMILES string of the molecule is CCC(=O)Nc1ccc(C(=O)N(CC)CC)cc1. The van der Waals surface area contributed by atoms with Crippen LogP contribution in [0, 0.1) is 0 Å². The average molecular weight is 248 g/mol. The van der Waals surface area contributed by atoms with Gasteiger partial charge in [0.1, 0.15) is 0 Å². The zero-order valence-electron chi connectivity index (χ0n) is 11.2. The lowest BCUT2D eigenvalue weighted by Gasteiger charge is -2.18. The van der Waals surface area contributed by atoms with Crippen LogP contribution in [0.4, 0.5) is 5.69 Å². The Bertz CT molecular complexity index is 408. The van der Waals surface area contributed by atoms with Gasteiger partial charge in [0.15, 0.2) is 0 Å². The second kappa shape index (κ2) is 6.79. The lowest BCUT2D eigenvalue weighted by Crippen LogP contribution is -2.30. The molecule has 0 saturated heterocycles. The fourth-order valence-corrected chi connectivity index (χ4v) is 1.64. The highest BCUT2D eigenvalue weighted by atomic mass is 16.2. The van der Waals surface area contributed by atoms with Crippen LogP contribution in [0.1, 0.15) is 37.6 Å². The van der Waals surface area contributed by atoms with Crippen molar-refractivity contribution in [2.45, 2.75) is 27.2 Å². The second-order valence-corrected chi connectivity index (χ2v) is 3.96. The molecule has 1 aromatic carbocycles. The normalized spacial score (nSPS) is 9.94. The highest BCUT2D eigenvalue weighted by Gasteiger charge is 2.11. The van der Waals surface area contributed by atoms with Gasteiger partial charge in [-0.15, -0.1) is 0 Å². The van der Waals surface area contributed by atoms with Crippen LogP contribution in [0.5, 0.6) is 0 Å². The first-order valence-corrected chi connectivity index (χ1v) is 6.31. The van der Waals surface area contributed by atoms with Gasteiger partial charge in [-0.1, -0.05) is 6.92 Å². The van der Waals surface area contributed by atoms with Gasteiger partial charge < -0.3 is 10.2 Å². The summed E-state index contributed by atoms with van der Waals surface area (Å²) < 4.78 is 0. The minimum absolute atomic E-state index is 0.0216. The number of hydrogen-bond acceptors (Lipinski definition) is 2. The Hall–Kier alpha value is -1.84. The van der Waals surface area contributed by atoms with E-state index in [9.17, 15) is 9.59 Å². The molecule has 0 heterocycles. The summed E-state index contributed by atoms with van der Waals surface area (Å²) in [5, 5.41) is 2.75. The first kappa shape index (κ1) is 14.2. The molecule has 0 atom stereocenters. The molecule has 1 N–H and O–H groups in total. The summed E-state index contributed by atoms with van der Waals surface area (Å²) in [7, 11) is 0. The van der Waals surface area contributed by atoms with Gasteiger partial charge in [0.2, 0.25) is 5.91 Å². The highest BCUT2D eigenvalue weighted by Crippen LogP contribution is 2.11. The zero-order valence-corrected chi connectivity index (χ0v) is 11.2. The first-order chi connectivity index (χ1) is 8.62. The van der Waals surface area contributed by atoms with Crippen molar-refractivity contribution in [3.8, 4) is 0 Å². The van der Waals surface area contributed by atoms with Crippen LogP contribution < -0.4 is 5.32 Å². The van der Waals surface area contributed by atoms with Gasteiger partial charge >= 0.3 is 0 Å². The quantitative estimate of drug-likeness (QED) is 0.870. The van der Waals surface area contributed by atoms with E-state index < -0.39 is 0 Å². The number of rotatable bonds is 5. The van der Waals surface area contributed by atoms with E-state index in [4.69, 9.17) is 0 Å². The van der Waals surface area contributed by atoms with Crippen LogP contribution in [0.25, 0.3) is 0 Å². The molecule has 2 amide bonds. The number of carbonyl (C=O) groups excluding carboxylic acids is 2. The van der Waals surface area contributed by atoms with Crippen molar-refractivity contribution in [2.24, 2.45) is 0 Å². The monoisotopic (exact) mass is 248 g/mol. The molecule has 0 radical (unpaired) electrons. The third-order valence-electron chi connectivity index (χ3n) is 2.79. The summed E-state index contributed by atoms with van der Waals surface area (Å²) in [6.07, 6.45) is 0.445. The Morgan fingerprint density at radius 2 is 1.61 bits per heavy atom. The molecule has 0 unspecified atom stereocenters. The largest absolute Gasteiger partial charge is 0.339 e. The van der Waals surface area contributed by atoms with E-state index in [1.54, 1.807) is 36.1 Å². The van der Waals surface area contributed by atoms with E-state index in [0.29, 0.717) is 25.1 Å². The van der Waals surface area contributed by atoms with Gasteiger partial charge in [0.25, 0.3) is 5.91 Å². The van der Waals surface area contributed by atoms with E-state index in [1.165, 1.54) is 0 Å². The summed E-state index contributed by atoms with van der Waals surface area (Å²) in [6, 6.07) is 6.99. The molecule has 98 valence electrons. The Morgan fingerprint density at radius 3 is 2.06 bits per heavy atom. The molecule has 0 bridgehead atoms. The van der Waals surface area contributed by atoms with Crippen molar-refractivity contribution in [1.82, 2.24) is 4.90 Å². The number of benzene rings is 1. The Balaban J connectivity index is 2.76. The summed E-state index contributed by atoms with van der Waals surface area (Å²) in [4.78, 5) is 25.0. The minimum Gasteiger partial charge on any atom is -0.339 e. The van der Waals surface area contributed by atoms with Crippen molar-refractivity contribution in [3.63, 3.8) is 0 Å². The van der Waals surface area contributed by atoms with Gasteiger partial charge in [-0.3, -0.25) is 9.59 Å². The van der Waals surface area contributed by atoms with Crippen LogP contribution in [-0.4, -0.2) is 29.8 Å². The second-order valence-electron chi connectivity index (χ2n) is 3.96. The summed E-state index contributed by atoms with van der Waals surface area (Å²) in [5.41, 5.74) is 1.37. The number of nitrogens with one attached hydrogen (secondary N) is 1. The number of hydrogen-bond donors (Lipinski definition) is 1. The zero-order chi connectivity index (χ0) is 13.5. The van der Waals surface area contributed by atoms with Crippen LogP contribution in [0.3, 0.4) is 0 Å². The van der Waals surface area contributed by atoms with Crippen molar-refractivity contribution in [2.75, 3.05) is 18.4 Å². The lowest BCUT2D eigenvalue weighted by molar-refractivity contribution is -0.115. The van der Waals surface area contributed by atoms with E-state index in [1.807, 2.05) is 13.8 Å². The van der Waals surface area contributed by atoms with Gasteiger partial charge in [-0.25, -0.2) is 0 Å². The van der Waals surface area contributed by atoms with Crippen molar-refractivity contribution < 1.29 is 9.59 Å². The molecular formula is C14H20N2O2. The van der Waals surface area contributed by atoms with Crippen LogP contribution in [-0.2, 0) is 4.79 Å². The molecule has 0 aromatic heterocycles. The van der Waals surface area contributed by atoms with E-state index >= 15 is 0 Å². The number of nitrogens with zero attached hydrogens (tertiary/aromatic N) is 1. The molecule has 0 aliphatic rings. The fourth-order valence-electron chi connectivity index (χ4n) is 1.64. The lowest BCUT2D eigenvalue weighted by atomic mass is 10.1. The predicted molar refractivity (Wildman–Crippen MR) is 72.6 cm³/mol. The maximum atomic E-state index is 12.0. The molecular weight excluding hydrogens is 228 g/mol. The molecule has 0 spiro atoms. The Morgan fingerprint density at radius 1 is 1.06 bits per heavy atom. The topological polar surface area (TPSA) is 49.4 Å². The third-order valence-corrected chi connectivity index (χ3v) is 2.79. The maximum Gasteiger partial charge on any atom is 0.253 e. The van der Waals surface area contributed by atoms with Crippen molar-refractivity contribution in [1.29, 1.82) is 0 Å². The molecule has 4 nitrogen and oxygen atoms in total. The van der Waals surface area contributed by atoms with E-state index in [0.717, 1.165) is 5.69 Å². The van der Waals surface area contributed by atoms with Crippen LogP contribution >= 0.6 is 0 Å². The number of amides is 2. The first-order valence-electron chi connectivity index (χ1n) is 6.31. The number of carbonyl (C=O) groups is 2. The third kappa shape index (κ3) is 3.58. The molecule has 4 heteroatoms. The maximum absolute atomic E-state index is 12.0.